The van der Waals surface area contributed by atoms with Crippen molar-refractivity contribution in [2.75, 3.05) is 6.61 Å². The van der Waals surface area contributed by atoms with Crippen LogP contribution in [-0.4, -0.2) is 26.5 Å². The first-order chi connectivity index (χ1) is 5.77. The Bertz CT molecular complexity index is 230. The molecule has 1 rings (SSSR count). The second-order valence-electron chi connectivity index (χ2n) is 2.96. The quantitative estimate of drug-likeness (QED) is 0.708. The van der Waals surface area contributed by atoms with E-state index >= 15 is 0 Å². The zero-order valence-electron chi connectivity index (χ0n) is 7.56. The van der Waals surface area contributed by atoms with Gasteiger partial charge in [-0.3, -0.25) is 4.68 Å². The Morgan fingerprint density at radius 3 is 2.83 bits per heavy atom. The first-order valence-electron chi connectivity index (χ1n) is 4.21. The van der Waals surface area contributed by atoms with Gasteiger partial charge in [0.2, 0.25) is 0 Å². The molecule has 0 aliphatic rings. The minimum atomic E-state index is 0.226. The van der Waals surface area contributed by atoms with Crippen LogP contribution >= 0.6 is 0 Å². The summed E-state index contributed by atoms with van der Waals surface area (Å²) in [6.45, 7) is 2.29. The predicted molar refractivity (Wildman–Crippen MR) is 45.6 cm³/mol. The molecular formula is C8H15N3O. The van der Waals surface area contributed by atoms with E-state index in [1.54, 1.807) is 11.0 Å². The van der Waals surface area contributed by atoms with Gasteiger partial charge in [-0.1, -0.05) is 13.3 Å². The minimum absolute atomic E-state index is 0.226. The van der Waals surface area contributed by atoms with E-state index in [-0.39, 0.29) is 6.61 Å². The van der Waals surface area contributed by atoms with Gasteiger partial charge in [0.1, 0.15) is 12.2 Å². The summed E-state index contributed by atoms with van der Waals surface area (Å²) in [5.74, 6) is 1.25. The highest BCUT2D eigenvalue weighted by atomic mass is 16.3. The van der Waals surface area contributed by atoms with Crippen molar-refractivity contribution >= 4 is 0 Å². The van der Waals surface area contributed by atoms with Gasteiger partial charge in [0.15, 0.2) is 0 Å². The van der Waals surface area contributed by atoms with Crippen molar-refractivity contribution in [1.82, 2.24) is 14.8 Å². The second-order valence-corrected chi connectivity index (χ2v) is 2.96. The van der Waals surface area contributed by atoms with Crippen LogP contribution in [-0.2, 0) is 13.5 Å². The second kappa shape index (κ2) is 4.21. The molecule has 0 radical (unpaired) electrons. The van der Waals surface area contributed by atoms with E-state index in [1.165, 1.54) is 0 Å². The smallest absolute Gasteiger partial charge is 0.138 e. The standard InChI is InChI=1S/C8H15N3O/c1-3-7(5-12)4-8-9-6-10-11(8)2/h6-7,12H,3-5H2,1-2H3. The normalized spacial score (nSPS) is 13.2. The highest BCUT2D eigenvalue weighted by Gasteiger charge is 2.09. The fourth-order valence-corrected chi connectivity index (χ4v) is 1.10. The van der Waals surface area contributed by atoms with Gasteiger partial charge in [0.25, 0.3) is 0 Å². The Hall–Kier alpha value is -0.900. The van der Waals surface area contributed by atoms with Crippen molar-refractivity contribution in [1.29, 1.82) is 0 Å². The van der Waals surface area contributed by atoms with E-state index in [0.717, 1.165) is 18.7 Å². The lowest BCUT2D eigenvalue weighted by Gasteiger charge is -2.09. The lowest BCUT2D eigenvalue weighted by Crippen LogP contribution is -2.12. The molecule has 1 aromatic heterocycles. The molecule has 0 aliphatic carbocycles. The van der Waals surface area contributed by atoms with Gasteiger partial charge in [-0.15, -0.1) is 0 Å². The Balaban J connectivity index is 2.56. The van der Waals surface area contributed by atoms with Gasteiger partial charge in [-0.05, 0) is 5.92 Å². The van der Waals surface area contributed by atoms with Crippen LogP contribution in [0.5, 0.6) is 0 Å². The molecule has 1 atom stereocenters. The maximum atomic E-state index is 8.96. The van der Waals surface area contributed by atoms with Crippen LogP contribution in [0.25, 0.3) is 0 Å². The van der Waals surface area contributed by atoms with Crippen molar-refractivity contribution in [3.05, 3.63) is 12.2 Å². The molecule has 0 spiro atoms. The monoisotopic (exact) mass is 169 g/mol. The van der Waals surface area contributed by atoms with Crippen molar-refractivity contribution in [2.24, 2.45) is 13.0 Å². The fraction of sp³-hybridized carbons (Fsp3) is 0.750. The Morgan fingerprint density at radius 2 is 2.42 bits per heavy atom. The van der Waals surface area contributed by atoms with Crippen molar-refractivity contribution < 1.29 is 5.11 Å². The van der Waals surface area contributed by atoms with E-state index in [0.29, 0.717) is 5.92 Å². The van der Waals surface area contributed by atoms with E-state index in [4.69, 9.17) is 5.11 Å². The fourth-order valence-electron chi connectivity index (χ4n) is 1.10. The highest BCUT2D eigenvalue weighted by Crippen LogP contribution is 2.07. The van der Waals surface area contributed by atoms with Crippen LogP contribution in [0.1, 0.15) is 19.2 Å². The summed E-state index contributed by atoms with van der Waals surface area (Å²) in [4.78, 5) is 4.09. The molecule has 1 aromatic rings. The van der Waals surface area contributed by atoms with E-state index in [2.05, 4.69) is 17.0 Å². The number of rotatable bonds is 4. The first-order valence-corrected chi connectivity index (χ1v) is 4.21. The number of aryl methyl sites for hydroxylation is 1. The largest absolute Gasteiger partial charge is 0.396 e. The third-order valence-electron chi connectivity index (χ3n) is 2.11. The van der Waals surface area contributed by atoms with Crippen LogP contribution in [0, 0.1) is 5.92 Å². The topological polar surface area (TPSA) is 50.9 Å². The maximum Gasteiger partial charge on any atom is 0.138 e. The summed E-state index contributed by atoms with van der Waals surface area (Å²) in [5, 5.41) is 12.9. The van der Waals surface area contributed by atoms with E-state index < -0.39 is 0 Å². The summed E-state index contributed by atoms with van der Waals surface area (Å²) in [6, 6.07) is 0. The Morgan fingerprint density at radius 1 is 1.67 bits per heavy atom. The summed E-state index contributed by atoms with van der Waals surface area (Å²) in [6.07, 6.45) is 3.33. The van der Waals surface area contributed by atoms with Crippen LogP contribution < -0.4 is 0 Å². The summed E-state index contributed by atoms with van der Waals surface area (Å²) in [5.41, 5.74) is 0. The van der Waals surface area contributed by atoms with Crippen LogP contribution in [0.2, 0.25) is 0 Å². The lowest BCUT2D eigenvalue weighted by molar-refractivity contribution is 0.219. The molecule has 1 heterocycles. The highest BCUT2D eigenvalue weighted by molar-refractivity contribution is 4.85. The third kappa shape index (κ3) is 2.04. The van der Waals surface area contributed by atoms with Crippen molar-refractivity contribution in [2.45, 2.75) is 19.8 Å². The molecular weight excluding hydrogens is 154 g/mol. The number of hydrogen-bond donors (Lipinski definition) is 1. The zero-order valence-corrected chi connectivity index (χ0v) is 7.56. The average molecular weight is 169 g/mol. The number of aliphatic hydroxyl groups excluding tert-OH is 1. The van der Waals surface area contributed by atoms with E-state index in [1.807, 2.05) is 7.05 Å². The molecule has 0 fully saturated rings. The van der Waals surface area contributed by atoms with Gasteiger partial charge in [-0.25, -0.2) is 4.98 Å². The van der Waals surface area contributed by atoms with Crippen LogP contribution in [0.4, 0.5) is 0 Å². The molecule has 0 saturated carbocycles. The SMILES string of the molecule is CCC(CO)Cc1ncnn1C. The Labute approximate surface area is 72.2 Å². The van der Waals surface area contributed by atoms with E-state index in [9.17, 15) is 0 Å². The van der Waals surface area contributed by atoms with Gasteiger partial charge >= 0.3 is 0 Å². The molecule has 0 aromatic carbocycles. The molecule has 0 amide bonds. The number of aromatic nitrogens is 3. The predicted octanol–water partition coefficient (Wildman–Crippen LogP) is 0.376. The molecule has 1 N–H and O–H groups in total. The Kier molecular flexibility index (Phi) is 3.22. The van der Waals surface area contributed by atoms with Crippen LogP contribution in [0.3, 0.4) is 0 Å². The number of hydrogen-bond acceptors (Lipinski definition) is 3. The minimum Gasteiger partial charge on any atom is -0.396 e. The number of nitrogens with zero attached hydrogens (tertiary/aromatic N) is 3. The molecule has 0 saturated heterocycles. The molecule has 0 bridgehead atoms. The zero-order chi connectivity index (χ0) is 8.97. The average Bonchev–Trinajstić information content (AvgIpc) is 2.47. The van der Waals surface area contributed by atoms with Crippen molar-refractivity contribution in [3.8, 4) is 0 Å². The summed E-state index contributed by atoms with van der Waals surface area (Å²) < 4.78 is 1.75. The lowest BCUT2D eigenvalue weighted by atomic mass is 10.0. The maximum absolute atomic E-state index is 8.96. The van der Waals surface area contributed by atoms with Gasteiger partial charge in [0, 0.05) is 20.1 Å². The molecule has 0 aliphatic heterocycles. The molecule has 68 valence electrons. The van der Waals surface area contributed by atoms with Gasteiger partial charge in [-0.2, -0.15) is 5.10 Å². The number of aliphatic hydroxyl groups is 1. The molecule has 4 heteroatoms. The first kappa shape index (κ1) is 9.19. The van der Waals surface area contributed by atoms with Crippen molar-refractivity contribution in [3.63, 3.8) is 0 Å². The third-order valence-corrected chi connectivity index (χ3v) is 2.11. The summed E-state index contributed by atoms with van der Waals surface area (Å²) >= 11 is 0. The van der Waals surface area contributed by atoms with Crippen LogP contribution in [0.15, 0.2) is 6.33 Å². The molecule has 12 heavy (non-hydrogen) atoms. The molecule has 1 unspecified atom stereocenters. The molecule has 4 nitrogen and oxygen atoms in total. The van der Waals surface area contributed by atoms with Gasteiger partial charge in [0.05, 0.1) is 0 Å². The van der Waals surface area contributed by atoms with Gasteiger partial charge < -0.3 is 5.11 Å². The summed E-state index contributed by atoms with van der Waals surface area (Å²) in [7, 11) is 1.87.